The zero-order chi connectivity index (χ0) is 15.1. The molecule has 1 saturated heterocycles. The van der Waals surface area contributed by atoms with Gasteiger partial charge in [0.15, 0.2) is 0 Å². The fourth-order valence-corrected chi connectivity index (χ4v) is 2.50. The van der Waals surface area contributed by atoms with Gasteiger partial charge in [-0.3, -0.25) is 4.79 Å². The highest BCUT2D eigenvalue weighted by molar-refractivity contribution is 5.94. The molecule has 112 valence electrons. The molecule has 1 fully saturated rings. The van der Waals surface area contributed by atoms with E-state index in [1.54, 1.807) is 17.0 Å². The Hall–Kier alpha value is -2.02. The van der Waals surface area contributed by atoms with Crippen molar-refractivity contribution in [2.24, 2.45) is 0 Å². The van der Waals surface area contributed by atoms with Gasteiger partial charge in [0.25, 0.3) is 5.91 Å². The standard InChI is InChI=1S/C17H22N2O2/c1-2-3-12-21-16-9-7-14(8-10-16)17(20)19-11-5-4-6-15(19)13-18/h7-10,15H,2-6,11-12H2,1H3. The van der Waals surface area contributed by atoms with Crippen LogP contribution in [0.4, 0.5) is 0 Å². The Bertz CT molecular complexity index is 505. The van der Waals surface area contributed by atoms with E-state index in [1.807, 2.05) is 12.1 Å². The number of nitriles is 1. The molecule has 1 atom stereocenters. The fourth-order valence-electron chi connectivity index (χ4n) is 2.50. The molecule has 1 aromatic rings. The molecule has 1 aromatic carbocycles. The number of likely N-dealkylation sites (tertiary alicyclic amines) is 1. The van der Waals surface area contributed by atoms with Crippen molar-refractivity contribution in [1.82, 2.24) is 4.90 Å². The van der Waals surface area contributed by atoms with E-state index >= 15 is 0 Å². The van der Waals surface area contributed by atoms with Crippen molar-refractivity contribution < 1.29 is 9.53 Å². The van der Waals surface area contributed by atoms with Gasteiger partial charge >= 0.3 is 0 Å². The molecule has 0 spiro atoms. The van der Waals surface area contributed by atoms with E-state index in [1.165, 1.54) is 0 Å². The van der Waals surface area contributed by atoms with E-state index in [2.05, 4.69) is 13.0 Å². The maximum atomic E-state index is 12.5. The SMILES string of the molecule is CCCCOc1ccc(C(=O)N2CCCCC2C#N)cc1. The maximum Gasteiger partial charge on any atom is 0.254 e. The molecule has 21 heavy (non-hydrogen) atoms. The molecule has 1 heterocycles. The van der Waals surface area contributed by atoms with Crippen molar-refractivity contribution in [3.63, 3.8) is 0 Å². The molecule has 4 heteroatoms. The van der Waals surface area contributed by atoms with Gasteiger partial charge in [0, 0.05) is 12.1 Å². The molecular weight excluding hydrogens is 264 g/mol. The third-order valence-electron chi connectivity index (χ3n) is 3.78. The highest BCUT2D eigenvalue weighted by Crippen LogP contribution is 2.20. The molecular formula is C17H22N2O2. The molecule has 1 aliphatic heterocycles. The van der Waals surface area contributed by atoms with Gasteiger partial charge in [0.2, 0.25) is 0 Å². The second-order valence-corrected chi connectivity index (χ2v) is 5.37. The summed E-state index contributed by atoms with van der Waals surface area (Å²) >= 11 is 0. The predicted molar refractivity (Wildman–Crippen MR) is 81.1 cm³/mol. The Kier molecular flexibility index (Phi) is 5.62. The van der Waals surface area contributed by atoms with Gasteiger partial charge in [-0.25, -0.2) is 0 Å². The molecule has 0 radical (unpaired) electrons. The van der Waals surface area contributed by atoms with Crippen LogP contribution in [0, 0.1) is 11.3 Å². The monoisotopic (exact) mass is 286 g/mol. The zero-order valence-electron chi connectivity index (χ0n) is 12.5. The lowest BCUT2D eigenvalue weighted by Crippen LogP contribution is -2.42. The summed E-state index contributed by atoms with van der Waals surface area (Å²) in [6, 6.07) is 9.17. The summed E-state index contributed by atoms with van der Waals surface area (Å²) in [5, 5.41) is 9.16. The summed E-state index contributed by atoms with van der Waals surface area (Å²) in [6.07, 6.45) is 4.90. The summed E-state index contributed by atoms with van der Waals surface area (Å²) in [6.45, 7) is 3.49. The van der Waals surface area contributed by atoms with Crippen LogP contribution in [0.3, 0.4) is 0 Å². The summed E-state index contributed by atoms with van der Waals surface area (Å²) in [5.41, 5.74) is 0.625. The Balaban J connectivity index is 2.00. The number of benzene rings is 1. The van der Waals surface area contributed by atoms with Crippen LogP contribution in [0.15, 0.2) is 24.3 Å². The normalized spacial score (nSPS) is 18.1. The lowest BCUT2D eigenvalue weighted by Gasteiger charge is -2.31. The number of ether oxygens (including phenoxy) is 1. The maximum absolute atomic E-state index is 12.5. The Morgan fingerprint density at radius 1 is 1.38 bits per heavy atom. The van der Waals surface area contributed by atoms with E-state index < -0.39 is 0 Å². The first-order chi connectivity index (χ1) is 10.3. The number of rotatable bonds is 5. The minimum absolute atomic E-state index is 0.0543. The van der Waals surface area contributed by atoms with E-state index in [0.29, 0.717) is 18.7 Å². The minimum atomic E-state index is -0.285. The molecule has 0 saturated carbocycles. The van der Waals surface area contributed by atoms with Crippen molar-refractivity contribution >= 4 is 5.91 Å². The molecule has 0 bridgehead atoms. The number of carbonyl (C=O) groups excluding carboxylic acids is 1. The van der Waals surface area contributed by atoms with Crippen LogP contribution in [0.1, 0.15) is 49.4 Å². The van der Waals surface area contributed by atoms with Crippen molar-refractivity contribution in [1.29, 1.82) is 5.26 Å². The summed E-state index contributed by atoms with van der Waals surface area (Å²) in [7, 11) is 0. The largest absolute Gasteiger partial charge is 0.494 e. The van der Waals surface area contributed by atoms with Gasteiger partial charge < -0.3 is 9.64 Å². The second-order valence-electron chi connectivity index (χ2n) is 5.37. The summed E-state index contributed by atoms with van der Waals surface area (Å²) in [4.78, 5) is 14.2. The predicted octanol–water partition coefficient (Wildman–Crippen LogP) is 3.38. The highest BCUT2D eigenvalue weighted by Gasteiger charge is 2.27. The van der Waals surface area contributed by atoms with Crippen LogP contribution >= 0.6 is 0 Å². The molecule has 0 N–H and O–H groups in total. The van der Waals surface area contributed by atoms with Gasteiger partial charge in [-0.05, 0) is 49.9 Å². The molecule has 1 unspecified atom stereocenters. The summed E-state index contributed by atoms with van der Waals surface area (Å²) < 4.78 is 5.59. The van der Waals surface area contributed by atoms with E-state index in [0.717, 1.165) is 37.9 Å². The number of nitrogens with zero attached hydrogens (tertiary/aromatic N) is 2. The second kappa shape index (κ2) is 7.68. The van der Waals surface area contributed by atoms with E-state index in [4.69, 9.17) is 10.00 Å². The Morgan fingerprint density at radius 2 is 2.14 bits per heavy atom. The quantitative estimate of drug-likeness (QED) is 0.780. The van der Waals surface area contributed by atoms with Gasteiger partial charge in [-0.15, -0.1) is 0 Å². The lowest BCUT2D eigenvalue weighted by molar-refractivity contribution is 0.0670. The third-order valence-corrected chi connectivity index (χ3v) is 3.78. The average Bonchev–Trinajstić information content (AvgIpc) is 2.55. The molecule has 2 rings (SSSR count). The first-order valence-corrected chi connectivity index (χ1v) is 7.69. The van der Waals surface area contributed by atoms with Crippen LogP contribution in [-0.2, 0) is 0 Å². The Morgan fingerprint density at radius 3 is 2.81 bits per heavy atom. The topological polar surface area (TPSA) is 53.3 Å². The molecule has 1 amide bonds. The van der Waals surface area contributed by atoms with Crippen LogP contribution in [0.25, 0.3) is 0 Å². The Labute approximate surface area is 126 Å². The first kappa shape index (κ1) is 15.4. The van der Waals surface area contributed by atoms with Crippen LogP contribution in [-0.4, -0.2) is 30.0 Å². The first-order valence-electron chi connectivity index (χ1n) is 7.69. The van der Waals surface area contributed by atoms with Crippen LogP contribution in [0.2, 0.25) is 0 Å². The minimum Gasteiger partial charge on any atom is -0.494 e. The third kappa shape index (κ3) is 3.98. The number of unbranched alkanes of at least 4 members (excludes halogenated alkanes) is 1. The molecule has 1 aliphatic rings. The van der Waals surface area contributed by atoms with E-state index in [9.17, 15) is 4.79 Å². The number of hydrogen-bond acceptors (Lipinski definition) is 3. The average molecular weight is 286 g/mol. The van der Waals surface area contributed by atoms with Gasteiger partial charge in [0.05, 0.1) is 12.7 Å². The molecule has 0 aromatic heterocycles. The number of piperidine rings is 1. The lowest BCUT2D eigenvalue weighted by atomic mass is 10.0. The highest BCUT2D eigenvalue weighted by atomic mass is 16.5. The van der Waals surface area contributed by atoms with E-state index in [-0.39, 0.29) is 11.9 Å². The van der Waals surface area contributed by atoms with Crippen LogP contribution < -0.4 is 4.74 Å². The van der Waals surface area contributed by atoms with Crippen LogP contribution in [0.5, 0.6) is 5.75 Å². The van der Waals surface area contributed by atoms with Crippen molar-refractivity contribution in [2.45, 2.75) is 45.1 Å². The van der Waals surface area contributed by atoms with Gasteiger partial charge in [-0.2, -0.15) is 5.26 Å². The van der Waals surface area contributed by atoms with Gasteiger partial charge in [-0.1, -0.05) is 13.3 Å². The number of carbonyl (C=O) groups is 1. The zero-order valence-corrected chi connectivity index (χ0v) is 12.5. The number of hydrogen-bond donors (Lipinski definition) is 0. The number of amides is 1. The summed E-state index contributed by atoms with van der Waals surface area (Å²) in [5.74, 6) is 0.733. The van der Waals surface area contributed by atoms with Gasteiger partial charge in [0.1, 0.15) is 11.8 Å². The molecule has 0 aliphatic carbocycles. The van der Waals surface area contributed by atoms with Crippen molar-refractivity contribution in [2.75, 3.05) is 13.2 Å². The smallest absolute Gasteiger partial charge is 0.254 e. The van der Waals surface area contributed by atoms with Crippen molar-refractivity contribution in [3.05, 3.63) is 29.8 Å². The fraction of sp³-hybridized carbons (Fsp3) is 0.529. The molecule has 4 nitrogen and oxygen atoms in total. The van der Waals surface area contributed by atoms with Crippen molar-refractivity contribution in [3.8, 4) is 11.8 Å².